The van der Waals surface area contributed by atoms with Gasteiger partial charge >= 0.3 is 0 Å². The first-order valence-corrected chi connectivity index (χ1v) is 7.80. The molecule has 9 heteroatoms. The molecular formula is C16H12ClN7O. The van der Waals surface area contributed by atoms with E-state index in [0.717, 1.165) is 5.56 Å². The second kappa shape index (κ2) is 6.33. The first kappa shape index (κ1) is 15.3. The standard InChI is InChI=1S/C16H12ClN7O/c17-12-4-2-11(3-5-12)9-23-10-19-16(22-23)21-15(25)13-8-20-24-7-1-6-18-14(13)24/h1-8,10H,9H2,(H,21,22,25). The van der Waals surface area contributed by atoms with Crippen LogP contribution in [0.25, 0.3) is 5.65 Å². The molecule has 1 amide bonds. The van der Waals surface area contributed by atoms with Gasteiger partial charge in [-0.2, -0.15) is 5.10 Å². The van der Waals surface area contributed by atoms with Crippen LogP contribution >= 0.6 is 11.6 Å². The van der Waals surface area contributed by atoms with E-state index < -0.39 is 0 Å². The Morgan fingerprint density at radius 3 is 2.88 bits per heavy atom. The maximum atomic E-state index is 12.4. The van der Waals surface area contributed by atoms with E-state index in [2.05, 4.69) is 25.5 Å². The van der Waals surface area contributed by atoms with E-state index in [9.17, 15) is 4.79 Å². The second-order valence-corrected chi connectivity index (χ2v) is 5.73. The van der Waals surface area contributed by atoms with Crippen LogP contribution in [0.5, 0.6) is 0 Å². The van der Waals surface area contributed by atoms with Crippen molar-refractivity contribution in [1.29, 1.82) is 0 Å². The van der Waals surface area contributed by atoms with Gasteiger partial charge in [-0.15, -0.1) is 5.10 Å². The number of rotatable bonds is 4. The number of amides is 1. The molecule has 3 heterocycles. The fourth-order valence-electron chi connectivity index (χ4n) is 2.36. The largest absolute Gasteiger partial charge is 0.289 e. The van der Waals surface area contributed by atoms with Crippen LogP contribution in [0.4, 0.5) is 5.95 Å². The molecule has 8 nitrogen and oxygen atoms in total. The number of benzene rings is 1. The zero-order valence-corrected chi connectivity index (χ0v) is 13.6. The molecule has 1 N–H and O–H groups in total. The van der Waals surface area contributed by atoms with Crippen molar-refractivity contribution in [3.05, 3.63) is 71.4 Å². The van der Waals surface area contributed by atoms with Crippen molar-refractivity contribution in [1.82, 2.24) is 29.4 Å². The van der Waals surface area contributed by atoms with Crippen LogP contribution in [0, 0.1) is 0 Å². The van der Waals surface area contributed by atoms with Gasteiger partial charge in [0.25, 0.3) is 5.91 Å². The van der Waals surface area contributed by atoms with E-state index in [0.29, 0.717) is 22.8 Å². The highest BCUT2D eigenvalue weighted by atomic mass is 35.5. The summed E-state index contributed by atoms with van der Waals surface area (Å²) in [6.45, 7) is 0.526. The molecule has 4 rings (SSSR count). The Bertz CT molecular complexity index is 1040. The second-order valence-electron chi connectivity index (χ2n) is 5.29. The Morgan fingerprint density at radius 2 is 2.04 bits per heavy atom. The zero-order chi connectivity index (χ0) is 17.2. The molecule has 0 spiro atoms. The van der Waals surface area contributed by atoms with Gasteiger partial charge in [-0.1, -0.05) is 23.7 Å². The zero-order valence-electron chi connectivity index (χ0n) is 12.9. The van der Waals surface area contributed by atoms with Gasteiger partial charge in [-0.25, -0.2) is 19.2 Å². The molecule has 0 radical (unpaired) electrons. The van der Waals surface area contributed by atoms with Gasteiger partial charge in [0, 0.05) is 17.4 Å². The van der Waals surface area contributed by atoms with Gasteiger partial charge in [-0.05, 0) is 23.8 Å². The number of nitrogens with one attached hydrogen (secondary N) is 1. The van der Waals surface area contributed by atoms with Crippen molar-refractivity contribution < 1.29 is 4.79 Å². The van der Waals surface area contributed by atoms with Gasteiger partial charge in [0.05, 0.1) is 12.7 Å². The number of halogens is 1. The molecule has 25 heavy (non-hydrogen) atoms. The maximum Gasteiger partial charge on any atom is 0.263 e. The fraction of sp³-hybridized carbons (Fsp3) is 0.0625. The summed E-state index contributed by atoms with van der Waals surface area (Å²) < 4.78 is 3.16. The van der Waals surface area contributed by atoms with Crippen molar-refractivity contribution in [3.63, 3.8) is 0 Å². The summed E-state index contributed by atoms with van der Waals surface area (Å²) in [5.41, 5.74) is 1.86. The Kier molecular flexibility index (Phi) is 3.87. The number of fused-ring (bicyclic) bond motifs is 1. The number of aromatic nitrogens is 6. The summed E-state index contributed by atoms with van der Waals surface area (Å²) in [6.07, 6.45) is 6.34. The summed E-state index contributed by atoms with van der Waals surface area (Å²) in [5.74, 6) is -0.146. The average Bonchev–Trinajstić information content (AvgIpc) is 3.23. The molecule has 1 aromatic carbocycles. The van der Waals surface area contributed by atoms with Crippen LogP contribution < -0.4 is 5.32 Å². The molecule has 0 fully saturated rings. The highest BCUT2D eigenvalue weighted by molar-refractivity contribution is 6.30. The van der Waals surface area contributed by atoms with Crippen LogP contribution in [0.3, 0.4) is 0 Å². The topological polar surface area (TPSA) is 90.0 Å². The number of anilines is 1. The van der Waals surface area contributed by atoms with Crippen LogP contribution in [0.15, 0.2) is 55.2 Å². The minimum atomic E-state index is -0.363. The van der Waals surface area contributed by atoms with Crippen molar-refractivity contribution in [2.75, 3.05) is 5.32 Å². The summed E-state index contributed by atoms with van der Waals surface area (Å²) in [5, 5.41) is 11.7. The van der Waals surface area contributed by atoms with Gasteiger partial charge < -0.3 is 0 Å². The first-order chi connectivity index (χ1) is 12.2. The van der Waals surface area contributed by atoms with Gasteiger partial charge in [0.2, 0.25) is 5.95 Å². The minimum absolute atomic E-state index is 0.217. The lowest BCUT2D eigenvalue weighted by molar-refractivity contribution is 0.102. The Balaban J connectivity index is 1.49. The molecule has 0 saturated heterocycles. The normalized spacial score (nSPS) is 10.9. The molecule has 3 aromatic heterocycles. The molecule has 0 aliphatic carbocycles. The Hall–Kier alpha value is -3.26. The van der Waals surface area contributed by atoms with E-state index in [-0.39, 0.29) is 11.9 Å². The smallest absolute Gasteiger partial charge is 0.263 e. The molecule has 124 valence electrons. The first-order valence-electron chi connectivity index (χ1n) is 7.43. The van der Waals surface area contributed by atoms with Crippen molar-refractivity contribution in [3.8, 4) is 0 Å². The average molecular weight is 354 g/mol. The number of nitrogens with zero attached hydrogens (tertiary/aromatic N) is 6. The highest BCUT2D eigenvalue weighted by Gasteiger charge is 2.15. The summed E-state index contributed by atoms with van der Waals surface area (Å²) >= 11 is 5.87. The van der Waals surface area contributed by atoms with Gasteiger partial charge in [0.1, 0.15) is 11.9 Å². The van der Waals surface area contributed by atoms with E-state index in [1.165, 1.54) is 10.7 Å². The monoisotopic (exact) mass is 353 g/mol. The third kappa shape index (κ3) is 3.20. The third-order valence-electron chi connectivity index (χ3n) is 3.54. The van der Waals surface area contributed by atoms with Crippen molar-refractivity contribution >= 4 is 29.1 Å². The summed E-state index contributed by atoms with van der Waals surface area (Å²) in [7, 11) is 0. The predicted molar refractivity (Wildman–Crippen MR) is 91.5 cm³/mol. The Morgan fingerprint density at radius 1 is 1.20 bits per heavy atom. The number of carbonyl (C=O) groups excluding carboxylic acids is 1. The van der Waals surface area contributed by atoms with Crippen LogP contribution in [-0.2, 0) is 6.54 Å². The highest BCUT2D eigenvalue weighted by Crippen LogP contribution is 2.12. The molecule has 0 aliphatic heterocycles. The molecule has 0 aliphatic rings. The van der Waals surface area contributed by atoms with Crippen molar-refractivity contribution in [2.45, 2.75) is 6.54 Å². The number of hydrogen-bond acceptors (Lipinski definition) is 5. The molecule has 0 bridgehead atoms. The third-order valence-corrected chi connectivity index (χ3v) is 3.80. The molecular weight excluding hydrogens is 342 g/mol. The van der Waals surface area contributed by atoms with Crippen LogP contribution in [-0.4, -0.2) is 35.3 Å². The number of carbonyl (C=O) groups is 1. The minimum Gasteiger partial charge on any atom is -0.289 e. The molecule has 4 aromatic rings. The van der Waals surface area contributed by atoms with Gasteiger partial charge in [-0.3, -0.25) is 10.1 Å². The van der Waals surface area contributed by atoms with Crippen LogP contribution in [0.1, 0.15) is 15.9 Å². The van der Waals surface area contributed by atoms with E-state index >= 15 is 0 Å². The summed E-state index contributed by atoms with van der Waals surface area (Å²) in [6, 6.07) is 9.19. The van der Waals surface area contributed by atoms with Gasteiger partial charge in [0.15, 0.2) is 5.65 Å². The van der Waals surface area contributed by atoms with E-state index in [1.54, 1.807) is 29.5 Å². The molecule has 0 atom stereocenters. The lowest BCUT2D eigenvalue weighted by atomic mass is 10.2. The number of hydrogen-bond donors (Lipinski definition) is 1. The Labute approximate surface area is 147 Å². The SMILES string of the molecule is O=C(Nc1ncn(Cc2ccc(Cl)cc2)n1)c1cnn2cccnc12. The van der Waals surface area contributed by atoms with E-state index in [4.69, 9.17) is 11.6 Å². The predicted octanol–water partition coefficient (Wildman–Crippen LogP) is 2.27. The quantitative estimate of drug-likeness (QED) is 0.608. The van der Waals surface area contributed by atoms with Crippen LogP contribution in [0.2, 0.25) is 5.02 Å². The summed E-state index contributed by atoms with van der Waals surface area (Å²) in [4.78, 5) is 20.6. The lowest BCUT2D eigenvalue weighted by Crippen LogP contribution is -2.13. The lowest BCUT2D eigenvalue weighted by Gasteiger charge is -2.01. The fourth-order valence-corrected chi connectivity index (χ4v) is 2.49. The molecule has 0 saturated carbocycles. The van der Waals surface area contributed by atoms with Crippen molar-refractivity contribution in [2.24, 2.45) is 0 Å². The van der Waals surface area contributed by atoms with E-state index in [1.807, 2.05) is 24.3 Å². The molecule has 0 unspecified atom stereocenters. The maximum absolute atomic E-state index is 12.4.